The van der Waals surface area contributed by atoms with E-state index in [0.717, 1.165) is 38.8 Å². The van der Waals surface area contributed by atoms with E-state index in [2.05, 4.69) is 36.5 Å². The Bertz CT molecular complexity index is 556. The van der Waals surface area contributed by atoms with E-state index in [9.17, 15) is 0 Å². The van der Waals surface area contributed by atoms with Gasteiger partial charge in [0, 0.05) is 25.9 Å². The Morgan fingerprint density at radius 2 is 1.43 bits per heavy atom. The summed E-state index contributed by atoms with van der Waals surface area (Å²) in [6.07, 6.45) is 13.1. The smallest absolute Gasteiger partial charge is 0.170 e. The standard InChI is InChI=1S/C24H40N2O2/c1-2-3-4-5-6-7-8-21-9-11-22(12-10-21)13-14-23(25)19-27-24(28-20-23)15-17-26-18-16-24/h9-12,26H,2-8,13-20,25H2,1H3. The molecule has 0 atom stereocenters. The van der Waals surface area contributed by atoms with Crippen LogP contribution in [0.2, 0.25) is 0 Å². The summed E-state index contributed by atoms with van der Waals surface area (Å²) >= 11 is 0. The molecular weight excluding hydrogens is 348 g/mol. The van der Waals surface area contributed by atoms with Gasteiger partial charge in [0.05, 0.1) is 18.8 Å². The normalized spacial score (nSPS) is 21.1. The molecule has 1 aromatic rings. The Hall–Kier alpha value is -0.940. The van der Waals surface area contributed by atoms with Gasteiger partial charge in [0.15, 0.2) is 5.79 Å². The third-order valence-electron chi connectivity index (χ3n) is 6.36. The number of aryl methyl sites for hydroxylation is 2. The molecule has 0 aliphatic carbocycles. The zero-order valence-corrected chi connectivity index (χ0v) is 17.8. The Morgan fingerprint density at radius 3 is 2.07 bits per heavy atom. The van der Waals surface area contributed by atoms with Crippen LogP contribution in [-0.4, -0.2) is 37.6 Å². The van der Waals surface area contributed by atoms with Gasteiger partial charge in [-0.1, -0.05) is 63.3 Å². The molecule has 0 unspecified atom stereocenters. The summed E-state index contributed by atoms with van der Waals surface area (Å²) in [7, 11) is 0. The van der Waals surface area contributed by atoms with Crippen molar-refractivity contribution in [1.29, 1.82) is 0 Å². The summed E-state index contributed by atoms with van der Waals surface area (Å²) < 4.78 is 12.2. The molecule has 0 aromatic heterocycles. The first-order valence-corrected chi connectivity index (χ1v) is 11.5. The van der Waals surface area contributed by atoms with Crippen LogP contribution in [0.25, 0.3) is 0 Å². The molecule has 3 N–H and O–H groups in total. The van der Waals surface area contributed by atoms with E-state index in [1.807, 2.05) is 0 Å². The van der Waals surface area contributed by atoms with Gasteiger partial charge < -0.3 is 20.5 Å². The number of hydrogen-bond acceptors (Lipinski definition) is 4. The lowest BCUT2D eigenvalue weighted by Gasteiger charge is -2.46. The monoisotopic (exact) mass is 388 g/mol. The zero-order chi connectivity index (χ0) is 19.7. The van der Waals surface area contributed by atoms with Crippen molar-refractivity contribution in [3.05, 3.63) is 35.4 Å². The highest BCUT2D eigenvalue weighted by molar-refractivity contribution is 5.23. The molecule has 158 valence electrons. The maximum absolute atomic E-state index is 6.58. The van der Waals surface area contributed by atoms with Gasteiger partial charge in [-0.15, -0.1) is 0 Å². The number of hydrogen-bond donors (Lipinski definition) is 2. The molecule has 0 saturated carbocycles. The molecule has 2 fully saturated rings. The molecule has 3 rings (SSSR count). The molecule has 2 saturated heterocycles. The van der Waals surface area contributed by atoms with Gasteiger partial charge in [0.25, 0.3) is 0 Å². The van der Waals surface area contributed by atoms with E-state index in [1.165, 1.54) is 56.1 Å². The van der Waals surface area contributed by atoms with E-state index in [0.29, 0.717) is 13.2 Å². The molecular formula is C24H40N2O2. The number of benzene rings is 1. The van der Waals surface area contributed by atoms with Crippen LogP contribution in [0.4, 0.5) is 0 Å². The van der Waals surface area contributed by atoms with Crippen LogP contribution in [-0.2, 0) is 22.3 Å². The minimum atomic E-state index is -0.383. The lowest BCUT2D eigenvalue weighted by Crippen LogP contribution is -2.60. The molecule has 0 bridgehead atoms. The Kier molecular flexibility index (Phi) is 8.34. The maximum Gasteiger partial charge on any atom is 0.170 e. The summed E-state index contributed by atoms with van der Waals surface area (Å²) in [5.74, 6) is -0.383. The molecule has 0 radical (unpaired) electrons. The van der Waals surface area contributed by atoms with Crippen LogP contribution in [0.1, 0.15) is 75.8 Å². The van der Waals surface area contributed by atoms with Crippen LogP contribution < -0.4 is 11.1 Å². The topological polar surface area (TPSA) is 56.5 Å². The lowest BCUT2D eigenvalue weighted by atomic mass is 9.91. The van der Waals surface area contributed by atoms with E-state index >= 15 is 0 Å². The van der Waals surface area contributed by atoms with E-state index in [1.54, 1.807) is 0 Å². The molecule has 2 aliphatic heterocycles. The quantitative estimate of drug-likeness (QED) is 0.585. The molecule has 1 aromatic carbocycles. The lowest BCUT2D eigenvalue weighted by molar-refractivity contribution is -0.296. The highest BCUT2D eigenvalue weighted by Gasteiger charge is 2.43. The first kappa shape index (κ1) is 21.8. The van der Waals surface area contributed by atoms with Gasteiger partial charge in [-0.2, -0.15) is 0 Å². The zero-order valence-electron chi connectivity index (χ0n) is 17.8. The van der Waals surface area contributed by atoms with Crippen LogP contribution in [0.3, 0.4) is 0 Å². The molecule has 0 amide bonds. The molecule has 2 heterocycles. The van der Waals surface area contributed by atoms with Crippen LogP contribution >= 0.6 is 0 Å². The Labute approximate surface area is 171 Å². The third kappa shape index (κ3) is 6.55. The van der Waals surface area contributed by atoms with Gasteiger partial charge >= 0.3 is 0 Å². The second-order valence-electron chi connectivity index (χ2n) is 8.93. The fourth-order valence-electron chi connectivity index (χ4n) is 4.25. The predicted molar refractivity (Wildman–Crippen MR) is 116 cm³/mol. The number of rotatable bonds is 10. The highest BCUT2D eigenvalue weighted by Crippen LogP contribution is 2.32. The van der Waals surface area contributed by atoms with Crippen molar-refractivity contribution in [3.8, 4) is 0 Å². The van der Waals surface area contributed by atoms with Gasteiger partial charge in [-0.05, 0) is 36.8 Å². The Morgan fingerprint density at radius 1 is 0.857 bits per heavy atom. The van der Waals surface area contributed by atoms with Gasteiger partial charge in [-0.25, -0.2) is 0 Å². The Balaban J connectivity index is 1.36. The fourth-order valence-corrected chi connectivity index (χ4v) is 4.25. The molecule has 4 heteroatoms. The predicted octanol–water partition coefficient (Wildman–Crippen LogP) is 4.35. The van der Waals surface area contributed by atoms with Crippen molar-refractivity contribution in [2.24, 2.45) is 5.73 Å². The van der Waals surface area contributed by atoms with Crippen molar-refractivity contribution in [1.82, 2.24) is 5.32 Å². The summed E-state index contributed by atoms with van der Waals surface area (Å²) in [6, 6.07) is 9.13. The average Bonchev–Trinajstić information content (AvgIpc) is 2.73. The fraction of sp³-hybridized carbons (Fsp3) is 0.750. The molecule has 1 spiro atoms. The van der Waals surface area contributed by atoms with Crippen molar-refractivity contribution >= 4 is 0 Å². The number of nitrogens with two attached hydrogens (primary N) is 1. The maximum atomic E-state index is 6.58. The summed E-state index contributed by atoms with van der Waals surface area (Å²) in [5, 5.41) is 3.36. The van der Waals surface area contributed by atoms with Crippen molar-refractivity contribution < 1.29 is 9.47 Å². The summed E-state index contributed by atoms with van der Waals surface area (Å²) in [4.78, 5) is 0. The number of unbranched alkanes of at least 4 members (excludes halogenated alkanes) is 5. The summed E-state index contributed by atoms with van der Waals surface area (Å²) in [5.41, 5.74) is 9.03. The van der Waals surface area contributed by atoms with E-state index in [-0.39, 0.29) is 11.3 Å². The van der Waals surface area contributed by atoms with E-state index in [4.69, 9.17) is 15.2 Å². The van der Waals surface area contributed by atoms with Crippen molar-refractivity contribution in [3.63, 3.8) is 0 Å². The van der Waals surface area contributed by atoms with Crippen LogP contribution in [0.15, 0.2) is 24.3 Å². The number of nitrogens with one attached hydrogen (secondary N) is 1. The van der Waals surface area contributed by atoms with Gasteiger partial charge in [0.1, 0.15) is 0 Å². The first-order valence-electron chi connectivity index (χ1n) is 11.5. The third-order valence-corrected chi connectivity index (χ3v) is 6.36. The van der Waals surface area contributed by atoms with E-state index < -0.39 is 0 Å². The minimum Gasteiger partial charge on any atom is -0.348 e. The first-order chi connectivity index (χ1) is 13.6. The second kappa shape index (κ2) is 10.7. The van der Waals surface area contributed by atoms with Crippen molar-refractivity contribution in [2.75, 3.05) is 26.3 Å². The van der Waals surface area contributed by atoms with Gasteiger partial charge in [-0.3, -0.25) is 0 Å². The number of piperidine rings is 1. The number of ether oxygens (including phenoxy) is 2. The average molecular weight is 389 g/mol. The molecule has 2 aliphatic rings. The molecule has 4 nitrogen and oxygen atoms in total. The minimum absolute atomic E-state index is 0.368. The van der Waals surface area contributed by atoms with Crippen LogP contribution in [0.5, 0.6) is 0 Å². The van der Waals surface area contributed by atoms with Crippen LogP contribution in [0, 0.1) is 0 Å². The molecule has 28 heavy (non-hydrogen) atoms. The highest BCUT2D eigenvalue weighted by atomic mass is 16.7. The second-order valence-corrected chi connectivity index (χ2v) is 8.93. The summed E-state index contributed by atoms with van der Waals surface area (Å²) in [6.45, 7) is 5.39. The largest absolute Gasteiger partial charge is 0.348 e. The SMILES string of the molecule is CCCCCCCCc1ccc(CCC2(N)COC3(CCNCC3)OC2)cc1. The van der Waals surface area contributed by atoms with Gasteiger partial charge in [0.2, 0.25) is 0 Å². The van der Waals surface area contributed by atoms with Crippen molar-refractivity contribution in [2.45, 2.75) is 88.9 Å².